The number of hydrogen-bond acceptors (Lipinski definition) is 3. The lowest BCUT2D eigenvalue weighted by Gasteiger charge is -2.22. The fraction of sp³-hybridized carbons (Fsp3) is 0.409. The van der Waals surface area contributed by atoms with Gasteiger partial charge in [-0.05, 0) is 36.1 Å². The number of guanidine groups is 1. The minimum absolute atomic E-state index is 0.579. The minimum atomic E-state index is 0.579. The van der Waals surface area contributed by atoms with E-state index in [0.717, 1.165) is 43.5 Å². The van der Waals surface area contributed by atoms with Crippen LogP contribution in [-0.4, -0.2) is 51.8 Å². The Kier molecular flexibility index (Phi) is 6.58. The molecule has 0 amide bonds. The van der Waals surface area contributed by atoms with Crippen LogP contribution in [0.1, 0.15) is 23.5 Å². The quantitative estimate of drug-likeness (QED) is 0.629. The van der Waals surface area contributed by atoms with Crippen molar-refractivity contribution in [3.05, 3.63) is 59.7 Å². The maximum atomic E-state index is 5.38. The predicted molar refractivity (Wildman–Crippen MR) is 110 cm³/mol. The van der Waals surface area contributed by atoms with Crippen molar-refractivity contribution in [2.45, 2.75) is 18.8 Å². The van der Waals surface area contributed by atoms with E-state index in [1.165, 1.54) is 17.5 Å². The van der Waals surface area contributed by atoms with E-state index in [4.69, 9.17) is 9.47 Å². The van der Waals surface area contributed by atoms with Crippen molar-refractivity contribution in [3.63, 3.8) is 0 Å². The smallest absolute Gasteiger partial charge is 0.193 e. The highest BCUT2D eigenvalue weighted by atomic mass is 16.5. The molecule has 1 saturated heterocycles. The third kappa shape index (κ3) is 4.73. The standard InChI is InChI=1S/C22H29N3O2/c1-23-22(25-14-12-19(16-25)18-7-5-4-6-8-18)24-13-11-17-9-10-20(26-2)21(15-17)27-3/h4-10,15,19H,11-14,16H2,1-3H3,(H,23,24). The van der Waals surface area contributed by atoms with E-state index < -0.39 is 0 Å². The third-order valence-electron chi connectivity index (χ3n) is 5.12. The summed E-state index contributed by atoms with van der Waals surface area (Å²) in [5, 5.41) is 3.50. The topological polar surface area (TPSA) is 46.1 Å². The maximum Gasteiger partial charge on any atom is 0.193 e. The molecule has 27 heavy (non-hydrogen) atoms. The number of likely N-dealkylation sites (tertiary alicyclic amines) is 1. The van der Waals surface area contributed by atoms with E-state index in [1.54, 1.807) is 14.2 Å². The van der Waals surface area contributed by atoms with Gasteiger partial charge in [0, 0.05) is 32.6 Å². The highest BCUT2D eigenvalue weighted by Crippen LogP contribution is 2.28. The number of benzene rings is 2. The first-order valence-corrected chi connectivity index (χ1v) is 9.46. The first-order valence-electron chi connectivity index (χ1n) is 9.46. The summed E-state index contributed by atoms with van der Waals surface area (Å²) in [6.07, 6.45) is 2.07. The Morgan fingerprint density at radius 2 is 1.89 bits per heavy atom. The molecule has 0 aromatic heterocycles. The van der Waals surface area contributed by atoms with Gasteiger partial charge in [0.25, 0.3) is 0 Å². The van der Waals surface area contributed by atoms with E-state index in [1.807, 2.05) is 19.2 Å². The third-order valence-corrected chi connectivity index (χ3v) is 5.12. The van der Waals surface area contributed by atoms with Crippen LogP contribution in [0.25, 0.3) is 0 Å². The van der Waals surface area contributed by atoms with Crippen LogP contribution in [0.2, 0.25) is 0 Å². The normalized spacial score (nSPS) is 17.1. The number of nitrogens with zero attached hydrogens (tertiary/aromatic N) is 2. The number of aliphatic imine (C=N–C) groups is 1. The first kappa shape index (κ1) is 19.1. The van der Waals surface area contributed by atoms with Crippen LogP contribution < -0.4 is 14.8 Å². The molecular weight excluding hydrogens is 338 g/mol. The van der Waals surface area contributed by atoms with Crippen molar-refractivity contribution in [1.82, 2.24) is 10.2 Å². The first-order chi connectivity index (χ1) is 13.2. The lowest BCUT2D eigenvalue weighted by molar-refractivity contribution is 0.354. The van der Waals surface area contributed by atoms with Gasteiger partial charge in [-0.1, -0.05) is 36.4 Å². The lowest BCUT2D eigenvalue weighted by atomic mass is 9.99. The number of nitrogens with one attached hydrogen (secondary N) is 1. The van der Waals surface area contributed by atoms with E-state index in [0.29, 0.717) is 5.92 Å². The molecule has 2 aromatic rings. The zero-order chi connectivity index (χ0) is 19.1. The molecule has 0 radical (unpaired) electrons. The maximum absolute atomic E-state index is 5.38. The van der Waals surface area contributed by atoms with Gasteiger partial charge >= 0.3 is 0 Å². The Morgan fingerprint density at radius 1 is 1.11 bits per heavy atom. The highest BCUT2D eigenvalue weighted by Gasteiger charge is 2.25. The van der Waals surface area contributed by atoms with Crippen LogP contribution in [-0.2, 0) is 6.42 Å². The summed E-state index contributed by atoms with van der Waals surface area (Å²) in [6.45, 7) is 2.88. The molecule has 1 unspecified atom stereocenters. The van der Waals surface area contributed by atoms with E-state index in [-0.39, 0.29) is 0 Å². The monoisotopic (exact) mass is 367 g/mol. The summed E-state index contributed by atoms with van der Waals surface area (Å²) in [5.74, 6) is 3.09. The lowest BCUT2D eigenvalue weighted by Crippen LogP contribution is -2.40. The van der Waals surface area contributed by atoms with Crippen LogP contribution in [0, 0.1) is 0 Å². The molecule has 5 heteroatoms. The second-order valence-corrected chi connectivity index (χ2v) is 6.76. The minimum Gasteiger partial charge on any atom is -0.493 e. The highest BCUT2D eigenvalue weighted by molar-refractivity contribution is 5.80. The fourth-order valence-corrected chi connectivity index (χ4v) is 3.64. The van der Waals surface area contributed by atoms with Crippen molar-refractivity contribution in [3.8, 4) is 11.5 Å². The van der Waals surface area contributed by atoms with Crippen molar-refractivity contribution in [1.29, 1.82) is 0 Å². The van der Waals surface area contributed by atoms with Gasteiger partial charge in [-0.25, -0.2) is 0 Å². The van der Waals surface area contributed by atoms with Gasteiger partial charge in [-0.15, -0.1) is 0 Å². The molecule has 5 nitrogen and oxygen atoms in total. The van der Waals surface area contributed by atoms with E-state index in [9.17, 15) is 0 Å². The summed E-state index contributed by atoms with van der Waals surface area (Å²) in [4.78, 5) is 6.83. The zero-order valence-corrected chi connectivity index (χ0v) is 16.4. The molecule has 0 aliphatic carbocycles. The molecule has 1 fully saturated rings. The van der Waals surface area contributed by atoms with Crippen molar-refractivity contribution in [2.75, 3.05) is 40.9 Å². The van der Waals surface area contributed by atoms with Crippen LogP contribution in [0.15, 0.2) is 53.5 Å². The molecule has 1 atom stereocenters. The van der Waals surface area contributed by atoms with Crippen molar-refractivity contribution in [2.24, 2.45) is 4.99 Å². The summed E-state index contributed by atoms with van der Waals surface area (Å²) >= 11 is 0. The van der Waals surface area contributed by atoms with Crippen molar-refractivity contribution >= 4 is 5.96 Å². The Bertz CT molecular complexity index is 761. The van der Waals surface area contributed by atoms with Gasteiger partial charge in [-0.3, -0.25) is 4.99 Å². The molecule has 1 aliphatic rings. The van der Waals surface area contributed by atoms with E-state index in [2.05, 4.69) is 51.6 Å². The molecule has 3 rings (SSSR count). The average Bonchev–Trinajstić information content (AvgIpc) is 3.21. The largest absolute Gasteiger partial charge is 0.493 e. The molecule has 0 saturated carbocycles. The van der Waals surface area contributed by atoms with Crippen LogP contribution in [0.5, 0.6) is 11.5 Å². The molecule has 2 aromatic carbocycles. The van der Waals surface area contributed by atoms with Gasteiger partial charge in [0.05, 0.1) is 14.2 Å². The Morgan fingerprint density at radius 3 is 2.59 bits per heavy atom. The molecule has 0 spiro atoms. The molecule has 144 valence electrons. The Hall–Kier alpha value is -2.69. The second-order valence-electron chi connectivity index (χ2n) is 6.76. The van der Waals surface area contributed by atoms with Crippen LogP contribution in [0.3, 0.4) is 0 Å². The summed E-state index contributed by atoms with van der Waals surface area (Å²) in [7, 11) is 5.18. The van der Waals surface area contributed by atoms with Crippen LogP contribution in [0.4, 0.5) is 0 Å². The predicted octanol–water partition coefficient (Wildman–Crippen LogP) is 3.31. The zero-order valence-electron chi connectivity index (χ0n) is 16.4. The summed E-state index contributed by atoms with van der Waals surface area (Å²) < 4.78 is 10.7. The number of rotatable bonds is 6. The van der Waals surface area contributed by atoms with E-state index >= 15 is 0 Å². The van der Waals surface area contributed by atoms with Gasteiger partial charge < -0.3 is 19.7 Å². The van der Waals surface area contributed by atoms with Crippen LogP contribution >= 0.6 is 0 Å². The van der Waals surface area contributed by atoms with Gasteiger partial charge in [-0.2, -0.15) is 0 Å². The van der Waals surface area contributed by atoms with Gasteiger partial charge in [0.1, 0.15) is 0 Å². The van der Waals surface area contributed by atoms with Crippen molar-refractivity contribution < 1.29 is 9.47 Å². The molecule has 0 bridgehead atoms. The Labute approximate surface area is 162 Å². The molecule has 1 heterocycles. The Balaban J connectivity index is 1.53. The number of hydrogen-bond donors (Lipinski definition) is 1. The van der Waals surface area contributed by atoms with Gasteiger partial charge in [0.15, 0.2) is 17.5 Å². The van der Waals surface area contributed by atoms with Gasteiger partial charge in [0.2, 0.25) is 0 Å². The fourth-order valence-electron chi connectivity index (χ4n) is 3.64. The number of methoxy groups -OCH3 is 2. The second kappa shape index (κ2) is 9.31. The average molecular weight is 367 g/mol. The molecule has 1 N–H and O–H groups in total. The summed E-state index contributed by atoms with van der Waals surface area (Å²) in [6, 6.07) is 16.8. The molecular formula is C22H29N3O2. The number of ether oxygens (including phenoxy) is 2. The summed E-state index contributed by atoms with van der Waals surface area (Å²) in [5.41, 5.74) is 2.62. The SMILES string of the molecule is CN=C(NCCc1ccc(OC)c(OC)c1)N1CCC(c2ccccc2)C1. The molecule has 1 aliphatic heterocycles.